The quantitative estimate of drug-likeness (QED) is 0.755. The Balaban J connectivity index is 1.96. The molecule has 2 rings (SSSR count). The van der Waals surface area contributed by atoms with E-state index in [0.29, 0.717) is 18.1 Å². The number of likely N-dealkylation sites (N-methyl/N-ethyl adjacent to an activating group) is 1. The van der Waals surface area contributed by atoms with Gasteiger partial charge in [-0.25, -0.2) is 0 Å². The highest BCUT2D eigenvalue weighted by atomic mass is 16.5. The molecule has 2 aliphatic heterocycles. The van der Waals surface area contributed by atoms with Gasteiger partial charge >= 0.3 is 0 Å². The Bertz CT molecular complexity index is 181. The molecule has 0 saturated carbocycles. The van der Waals surface area contributed by atoms with Gasteiger partial charge in [0.2, 0.25) is 0 Å². The second-order valence-corrected chi connectivity index (χ2v) is 5.02. The summed E-state index contributed by atoms with van der Waals surface area (Å²) in [6.45, 7) is 4.65. The van der Waals surface area contributed by atoms with Gasteiger partial charge in [-0.1, -0.05) is 0 Å². The Labute approximate surface area is 98.3 Å². The first kappa shape index (κ1) is 12.3. The van der Waals surface area contributed by atoms with Crippen molar-refractivity contribution in [2.75, 3.05) is 47.0 Å². The van der Waals surface area contributed by atoms with Crippen molar-refractivity contribution in [3.05, 3.63) is 0 Å². The summed E-state index contributed by atoms with van der Waals surface area (Å²) in [4.78, 5) is 2.33. The molecule has 0 amide bonds. The predicted octanol–water partition coefficient (Wildman–Crippen LogP) is 0.332. The topological polar surface area (TPSA) is 33.7 Å². The standard InChI is InChI=1S/C12H24N2O2/c1-14(2)12(10-3-6-15-7-4-10)11-9-13-5-8-16-11/h10-13H,3-9H2,1-2H3. The van der Waals surface area contributed by atoms with Gasteiger partial charge in [0.1, 0.15) is 0 Å². The van der Waals surface area contributed by atoms with Gasteiger partial charge in [-0.15, -0.1) is 0 Å². The zero-order chi connectivity index (χ0) is 11.4. The minimum Gasteiger partial charge on any atom is -0.381 e. The van der Waals surface area contributed by atoms with Crippen LogP contribution in [-0.2, 0) is 9.47 Å². The van der Waals surface area contributed by atoms with Gasteiger partial charge in [0.15, 0.2) is 0 Å². The molecular formula is C12H24N2O2. The Hall–Kier alpha value is -0.160. The molecular weight excluding hydrogens is 204 g/mol. The van der Waals surface area contributed by atoms with E-state index >= 15 is 0 Å². The van der Waals surface area contributed by atoms with Crippen molar-refractivity contribution in [3.8, 4) is 0 Å². The van der Waals surface area contributed by atoms with Gasteiger partial charge in [-0.05, 0) is 32.9 Å². The maximum atomic E-state index is 5.91. The van der Waals surface area contributed by atoms with E-state index in [1.807, 2.05) is 0 Å². The van der Waals surface area contributed by atoms with Crippen LogP contribution >= 0.6 is 0 Å². The second kappa shape index (κ2) is 5.96. The maximum absolute atomic E-state index is 5.91. The van der Waals surface area contributed by atoms with Crippen LogP contribution in [-0.4, -0.2) is 64.1 Å². The highest BCUT2D eigenvalue weighted by Gasteiger charge is 2.33. The average molecular weight is 228 g/mol. The highest BCUT2D eigenvalue weighted by molar-refractivity contribution is 4.88. The number of hydrogen-bond acceptors (Lipinski definition) is 4. The second-order valence-electron chi connectivity index (χ2n) is 5.02. The van der Waals surface area contributed by atoms with Gasteiger partial charge in [0.05, 0.1) is 12.7 Å². The van der Waals surface area contributed by atoms with Crippen LogP contribution in [0.2, 0.25) is 0 Å². The van der Waals surface area contributed by atoms with E-state index in [1.165, 1.54) is 12.8 Å². The summed E-state index contributed by atoms with van der Waals surface area (Å²) >= 11 is 0. The molecule has 4 nitrogen and oxygen atoms in total. The van der Waals surface area contributed by atoms with E-state index in [1.54, 1.807) is 0 Å². The smallest absolute Gasteiger partial charge is 0.0857 e. The van der Waals surface area contributed by atoms with Crippen LogP contribution in [0.3, 0.4) is 0 Å². The van der Waals surface area contributed by atoms with Crippen LogP contribution < -0.4 is 5.32 Å². The Morgan fingerprint density at radius 2 is 1.94 bits per heavy atom. The molecule has 1 N–H and O–H groups in total. The van der Waals surface area contributed by atoms with E-state index < -0.39 is 0 Å². The van der Waals surface area contributed by atoms with E-state index in [9.17, 15) is 0 Å². The molecule has 94 valence electrons. The van der Waals surface area contributed by atoms with Crippen molar-refractivity contribution in [3.63, 3.8) is 0 Å². The first-order valence-corrected chi connectivity index (χ1v) is 6.35. The fourth-order valence-corrected chi connectivity index (χ4v) is 2.92. The number of ether oxygens (including phenoxy) is 2. The van der Waals surface area contributed by atoms with Gasteiger partial charge in [0, 0.05) is 32.3 Å². The van der Waals surface area contributed by atoms with Crippen LogP contribution in [0.4, 0.5) is 0 Å². The molecule has 2 heterocycles. The number of nitrogens with zero attached hydrogens (tertiary/aromatic N) is 1. The van der Waals surface area contributed by atoms with Crippen molar-refractivity contribution in [2.45, 2.75) is 25.0 Å². The summed E-state index contributed by atoms with van der Waals surface area (Å²) in [7, 11) is 4.33. The van der Waals surface area contributed by atoms with Crippen molar-refractivity contribution in [2.24, 2.45) is 5.92 Å². The third-order valence-electron chi connectivity index (χ3n) is 3.68. The zero-order valence-corrected chi connectivity index (χ0v) is 10.4. The Kier molecular flexibility index (Phi) is 4.58. The summed E-state index contributed by atoms with van der Waals surface area (Å²) in [5, 5.41) is 3.43. The Morgan fingerprint density at radius 3 is 2.50 bits per heavy atom. The van der Waals surface area contributed by atoms with E-state index in [4.69, 9.17) is 9.47 Å². The fourth-order valence-electron chi connectivity index (χ4n) is 2.92. The average Bonchev–Trinajstić information content (AvgIpc) is 2.31. The molecule has 0 radical (unpaired) electrons. The molecule has 0 aromatic carbocycles. The molecule has 0 bridgehead atoms. The first-order chi connectivity index (χ1) is 7.79. The summed E-state index contributed by atoms with van der Waals surface area (Å²) < 4.78 is 11.4. The van der Waals surface area contributed by atoms with Gasteiger partial charge < -0.3 is 19.7 Å². The minimum atomic E-state index is 0.340. The van der Waals surface area contributed by atoms with Crippen LogP contribution in [0.15, 0.2) is 0 Å². The molecule has 0 spiro atoms. The number of nitrogens with one attached hydrogen (secondary N) is 1. The van der Waals surface area contributed by atoms with Gasteiger partial charge in [0.25, 0.3) is 0 Å². The normalized spacial score (nSPS) is 30.6. The monoisotopic (exact) mass is 228 g/mol. The zero-order valence-electron chi connectivity index (χ0n) is 10.4. The first-order valence-electron chi connectivity index (χ1n) is 6.35. The van der Waals surface area contributed by atoms with Crippen molar-refractivity contribution >= 4 is 0 Å². The third-order valence-corrected chi connectivity index (χ3v) is 3.68. The SMILES string of the molecule is CN(C)C(C1CCOCC1)C1CNCCO1. The number of hydrogen-bond donors (Lipinski definition) is 1. The summed E-state index contributed by atoms with van der Waals surface area (Å²) in [5.41, 5.74) is 0. The summed E-state index contributed by atoms with van der Waals surface area (Å²) in [5.74, 6) is 0.716. The lowest BCUT2D eigenvalue weighted by Gasteiger charge is -2.41. The molecule has 0 aromatic heterocycles. The van der Waals surface area contributed by atoms with Crippen LogP contribution in [0.5, 0.6) is 0 Å². The molecule has 4 heteroatoms. The lowest BCUT2D eigenvalue weighted by atomic mass is 9.87. The largest absolute Gasteiger partial charge is 0.381 e. The van der Waals surface area contributed by atoms with Gasteiger partial charge in [-0.2, -0.15) is 0 Å². The van der Waals surface area contributed by atoms with Gasteiger partial charge in [-0.3, -0.25) is 0 Å². The Morgan fingerprint density at radius 1 is 1.19 bits per heavy atom. The molecule has 2 aliphatic rings. The molecule has 2 atom stereocenters. The third kappa shape index (κ3) is 2.94. The number of morpholine rings is 1. The predicted molar refractivity (Wildman–Crippen MR) is 63.6 cm³/mol. The molecule has 2 fully saturated rings. The minimum absolute atomic E-state index is 0.340. The number of rotatable bonds is 3. The van der Waals surface area contributed by atoms with E-state index in [2.05, 4.69) is 24.3 Å². The fraction of sp³-hybridized carbons (Fsp3) is 1.00. The molecule has 0 aliphatic carbocycles. The molecule has 2 saturated heterocycles. The highest BCUT2D eigenvalue weighted by Crippen LogP contribution is 2.25. The van der Waals surface area contributed by atoms with Crippen molar-refractivity contribution < 1.29 is 9.47 Å². The van der Waals surface area contributed by atoms with Crippen molar-refractivity contribution in [1.82, 2.24) is 10.2 Å². The van der Waals surface area contributed by atoms with Crippen LogP contribution in [0.1, 0.15) is 12.8 Å². The van der Waals surface area contributed by atoms with Crippen molar-refractivity contribution in [1.29, 1.82) is 0 Å². The molecule has 2 unspecified atom stereocenters. The lowest BCUT2D eigenvalue weighted by molar-refractivity contribution is -0.0580. The lowest BCUT2D eigenvalue weighted by Crippen LogP contribution is -2.54. The van der Waals surface area contributed by atoms with Crippen LogP contribution in [0.25, 0.3) is 0 Å². The molecule has 0 aromatic rings. The van der Waals surface area contributed by atoms with E-state index in [0.717, 1.165) is 32.9 Å². The summed E-state index contributed by atoms with van der Waals surface area (Å²) in [6, 6.07) is 0.525. The maximum Gasteiger partial charge on any atom is 0.0857 e. The summed E-state index contributed by atoms with van der Waals surface area (Å²) in [6.07, 6.45) is 2.68. The van der Waals surface area contributed by atoms with Crippen LogP contribution in [0, 0.1) is 5.92 Å². The molecule has 16 heavy (non-hydrogen) atoms. The van der Waals surface area contributed by atoms with E-state index in [-0.39, 0.29) is 0 Å².